The summed E-state index contributed by atoms with van der Waals surface area (Å²) in [5.74, 6) is 0.902. The third-order valence-corrected chi connectivity index (χ3v) is 3.70. The predicted molar refractivity (Wildman–Crippen MR) is 94.6 cm³/mol. The number of morpholine rings is 1. The van der Waals surface area contributed by atoms with Gasteiger partial charge in [0.1, 0.15) is 5.82 Å². The Kier molecular flexibility index (Phi) is 7.27. The lowest BCUT2D eigenvalue weighted by molar-refractivity contribution is -0.00545. The largest absolute Gasteiger partial charge is 0.382 e. The second-order valence-electron chi connectivity index (χ2n) is 6.00. The number of hydrogen-bond donors (Lipinski definition) is 2. The molecular weight excluding hydrogens is 308 g/mol. The maximum absolute atomic E-state index is 11.8. The maximum Gasteiger partial charge on any atom is 0.319 e. The van der Waals surface area contributed by atoms with Gasteiger partial charge in [-0.3, -0.25) is 0 Å². The number of nitrogens with one attached hydrogen (secondary N) is 2. The lowest BCUT2D eigenvalue weighted by Gasteiger charge is -2.36. The number of carbonyl (C=O) groups excluding carboxylic acids is 1. The van der Waals surface area contributed by atoms with Crippen LogP contribution in [0.2, 0.25) is 0 Å². The normalized spacial score (nSPS) is 20.7. The average molecular weight is 336 g/mol. The summed E-state index contributed by atoms with van der Waals surface area (Å²) in [4.78, 5) is 18.5. The maximum atomic E-state index is 11.8. The Balaban J connectivity index is 1.78. The van der Waals surface area contributed by atoms with Crippen LogP contribution in [0.5, 0.6) is 0 Å². The topological polar surface area (TPSA) is 75.7 Å². The summed E-state index contributed by atoms with van der Waals surface area (Å²) in [7, 11) is 0. The fraction of sp³-hybridized carbons (Fsp3) is 0.647. The van der Waals surface area contributed by atoms with E-state index in [1.165, 1.54) is 0 Å². The van der Waals surface area contributed by atoms with E-state index >= 15 is 0 Å². The molecule has 7 heteroatoms. The van der Waals surface area contributed by atoms with Crippen LogP contribution in [-0.4, -0.2) is 56.1 Å². The summed E-state index contributed by atoms with van der Waals surface area (Å²) in [6.07, 6.45) is 2.86. The smallest absolute Gasteiger partial charge is 0.319 e. The molecule has 2 atom stereocenters. The molecule has 0 unspecified atom stereocenters. The highest BCUT2D eigenvalue weighted by molar-refractivity contribution is 5.89. The number of carbonyl (C=O) groups is 1. The van der Waals surface area contributed by atoms with Crippen LogP contribution in [0.4, 0.5) is 16.3 Å². The molecule has 0 aliphatic carbocycles. The first-order valence-corrected chi connectivity index (χ1v) is 8.57. The molecule has 0 aromatic carbocycles. The van der Waals surface area contributed by atoms with Crippen LogP contribution in [0, 0.1) is 0 Å². The summed E-state index contributed by atoms with van der Waals surface area (Å²) in [6.45, 7) is 9.67. The lowest BCUT2D eigenvalue weighted by atomic mass is 10.2. The number of urea groups is 1. The number of aromatic nitrogens is 1. The number of pyridine rings is 1. The molecule has 0 spiro atoms. The minimum Gasteiger partial charge on any atom is -0.382 e. The fourth-order valence-corrected chi connectivity index (χ4v) is 2.71. The molecule has 24 heavy (non-hydrogen) atoms. The number of rotatable bonds is 7. The first-order chi connectivity index (χ1) is 11.6. The van der Waals surface area contributed by atoms with Crippen LogP contribution >= 0.6 is 0 Å². The van der Waals surface area contributed by atoms with Crippen LogP contribution in [0.1, 0.15) is 27.2 Å². The van der Waals surface area contributed by atoms with Gasteiger partial charge in [-0.25, -0.2) is 9.78 Å². The van der Waals surface area contributed by atoms with E-state index in [-0.39, 0.29) is 18.2 Å². The highest BCUT2D eigenvalue weighted by atomic mass is 16.5. The van der Waals surface area contributed by atoms with Crippen molar-refractivity contribution in [3.63, 3.8) is 0 Å². The zero-order valence-corrected chi connectivity index (χ0v) is 14.7. The molecule has 0 saturated carbocycles. The second-order valence-corrected chi connectivity index (χ2v) is 6.00. The van der Waals surface area contributed by atoms with E-state index in [2.05, 4.69) is 34.4 Å². The van der Waals surface area contributed by atoms with E-state index in [0.717, 1.165) is 25.3 Å². The third-order valence-electron chi connectivity index (χ3n) is 3.70. The van der Waals surface area contributed by atoms with E-state index in [1.807, 2.05) is 19.1 Å². The zero-order chi connectivity index (χ0) is 17.4. The fourth-order valence-electron chi connectivity index (χ4n) is 2.71. The Labute approximate surface area is 143 Å². The average Bonchev–Trinajstić information content (AvgIpc) is 2.54. The van der Waals surface area contributed by atoms with Crippen LogP contribution in [0.15, 0.2) is 18.3 Å². The summed E-state index contributed by atoms with van der Waals surface area (Å²) >= 11 is 0. The van der Waals surface area contributed by atoms with Crippen LogP contribution in [-0.2, 0) is 9.47 Å². The first-order valence-electron chi connectivity index (χ1n) is 8.57. The molecule has 1 aromatic heterocycles. The number of hydrogen-bond acceptors (Lipinski definition) is 5. The lowest BCUT2D eigenvalue weighted by Crippen LogP contribution is -2.45. The Hall–Kier alpha value is -1.86. The van der Waals surface area contributed by atoms with Crippen molar-refractivity contribution in [2.24, 2.45) is 0 Å². The SMILES string of the molecule is CCOCCCNC(=O)Nc1ccc(N2C[C@H](C)O[C@@H](C)C2)nc1. The standard InChI is InChI=1S/C17H28N4O3/c1-4-23-9-5-8-18-17(22)20-15-6-7-16(19-10-15)21-11-13(2)24-14(3)12-21/h6-7,10,13-14H,4-5,8-9,11-12H2,1-3H3,(H2,18,20,22)/t13-,14-/m0/s1. The van der Waals surface area contributed by atoms with Crippen LogP contribution in [0.3, 0.4) is 0 Å². The van der Waals surface area contributed by atoms with Crippen molar-refractivity contribution in [2.45, 2.75) is 39.4 Å². The zero-order valence-electron chi connectivity index (χ0n) is 14.7. The first kappa shape index (κ1) is 18.5. The highest BCUT2D eigenvalue weighted by Crippen LogP contribution is 2.19. The van der Waals surface area contributed by atoms with E-state index in [1.54, 1.807) is 6.20 Å². The van der Waals surface area contributed by atoms with E-state index < -0.39 is 0 Å². The van der Waals surface area contributed by atoms with Crippen molar-refractivity contribution in [3.8, 4) is 0 Å². The molecule has 1 fully saturated rings. The number of nitrogens with zero attached hydrogens (tertiary/aromatic N) is 2. The minimum atomic E-state index is -0.227. The van der Waals surface area contributed by atoms with Gasteiger partial charge in [0.05, 0.1) is 24.1 Å². The van der Waals surface area contributed by atoms with Gasteiger partial charge in [-0.1, -0.05) is 0 Å². The third kappa shape index (κ3) is 5.98. The number of amides is 2. The van der Waals surface area contributed by atoms with Crippen molar-refractivity contribution in [1.29, 1.82) is 0 Å². The molecule has 1 aliphatic rings. The Morgan fingerprint density at radius 1 is 1.38 bits per heavy atom. The van der Waals surface area contributed by atoms with E-state index in [0.29, 0.717) is 25.4 Å². The van der Waals surface area contributed by atoms with Gasteiger partial charge in [0.15, 0.2) is 0 Å². The quantitative estimate of drug-likeness (QED) is 0.747. The summed E-state index contributed by atoms with van der Waals surface area (Å²) in [6, 6.07) is 3.57. The molecular formula is C17H28N4O3. The van der Waals surface area contributed by atoms with Crippen molar-refractivity contribution in [2.75, 3.05) is 43.1 Å². The van der Waals surface area contributed by atoms with Gasteiger partial charge < -0.3 is 25.0 Å². The summed E-state index contributed by atoms with van der Waals surface area (Å²) in [5.41, 5.74) is 0.676. The summed E-state index contributed by atoms with van der Waals surface area (Å²) in [5, 5.41) is 5.58. The molecule has 2 amide bonds. The Bertz CT molecular complexity index is 499. The van der Waals surface area contributed by atoms with Gasteiger partial charge in [-0.2, -0.15) is 0 Å². The molecule has 1 aliphatic heterocycles. The van der Waals surface area contributed by atoms with Gasteiger partial charge >= 0.3 is 6.03 Å². The Morgan fingerprint density at radius 2 is 2.12 bits per heavy atom. The van der Waals surface area contributed by atoms with Crippen molar-refractivity contribution >= 4 is 17.5 Å². The number of ether oxygens (including phenoxy) is 2. The molecule has 134 valence electrons. The minimum absolute atomic E-state index is 0.191. The van der Waals surface area contributed by atoms with Gasteiger partial charge in [0, 0.05) is 32.8 Å². The van der Waals surface area contributed by atoms with E-state index in [4.69, 9.17) is 9.47 Å². The molecule has 1 saturated heterocycles. The monoisotopic (exact) mass is 336 g/mol. The van der Waals surface area contributed by atoms with Gasteiger partial charge in [-0.05, 0) is 39.3 Å². The summed E-state index contributed by atoms with van der Waals surface area (Å²) < 4.78 is 11.0. The molecule has 0 radical (unpaired) electrons. The van der Waals surface area contributed by atoms with Crippen LogP contribution in [0.25, 0.3) is 0 Å². The molecule has 2 rings (SSSR count). The van der Waals surface area contributed by atoms with Gasteiger partial charge in [-0.15, -0.1) is 0 Å². The van der Waals surface area contributed by atoms with Crippen molar-refractivity contribution < 1.29 is 14.3 Å². The molecule has 0 bridgehead atoms. The van der Waals surface area contributed by atoms with Crippen LogP contribution < -0.4 is 15.5 Å². The molecule has 2 heterocycles. The van der Waals surface area contributed by atoms with Gasteiger partial charge in [0.25, 0.3) is 0 Å². The van der Waals surface area contributed by atoms with E-state index in [9.17, 15) is 4.79 Å². The van der Waals surface area contributed by atoms with Gasteiger partial charge in [0.2, 0.25) is 0 Å². The second kappa shape index (κ2) is 9.44. The number of anilines is 2. The molecule has 7 nitrogen and oxygen atoms in total. The predicted octanol–water partition coefficient (Wildman–Crippen LogP) is 2.24. The Morgan fingerprint density at radius 3 is 2.75 bits per heavy atom. The highest BCUT2D eigenvalue weighted by Gasteiger charge is 2.22. The molecule has 2 N–H and O–H groups in total. The van der Waals surface area contributed by atoms with Crippen molar-refractivity contribution in [1.82, 2.24) is 10.3 Å². The van der Waals surface area contributed by atoms with Crippen molar-refractivity contribution in [3.05, 3.63) is 18.3 Å². The molecule has 1 aromatic rings.